The van der Waals surface area contributed by atoms with E-state index in [2.05, 4.69) is 16.4 Å². The highest BCUT2D eigenvalue weighted by Gasteiger charge is 2.20. The molecule has 0 saturated heterocycles. The molecule has 1 aliphatic rings. The number of methoxy groups -OCH3 is 1. The number of hydrogen-bond acceptors (Lipinski definition) is 4. The Morgan fingerprint density at radius 1 is 1.18 bits per heavy atom. The Labute approximate surface area is 164 Å². The zero-order valence-electron chi connectivity index (χ0n) is 16.1. The number of benzene rings is 2. The van der Waals surface area contributed by atoms with Crippen LogP contribution in [0.25, 0.3) is 11.5 Å². The van der Waals surface area contributed by atoms with Crippen LogP contribution in [-0.2, 0) is 12.8 Å². The molecule has 2 heterocycles. The van der Waals surface area contributed by atoms with E-state index in [4.69, 9.17) is 9.15 Å². The Balaban J connectivity index is 1.46. The molecule has 0 spiro atoms. The summed E-state index contributed by atoms with van der Waals surface area (Å²) in [6.07, 6.45) is 3.21. The molecule has 0 bridgehead atoms. The van der Waals surface area contributed by atoms with E-state index in [0.29, 0.717) is 19.0 Å². The van der Waals surface area contributed by atoms with Crippen molar-refractivity contribution in [2.45, 2.75) is 19.8 Å². The second kappa shape index (κ2) is 7.76. The van der Waals surface area contributed by atoms with Crippen LogP contribution in [0.2, 0.25) is 0 Å². The Morgan fingerprint density at radius 2 is 2.00 bits per heavy atom. The molecular formula is C22H23N3O3. The normalized spacial score (nSPS) is 13.6. The summed E-state index contributed by atoms with van der Waals surface area (Å²) in [5, 5.41) is 3.00. The molecular weight excluding hydrogens is 354 g/mol. The van der Waals surface area contributed by atoms with Crippen molar-refractivity contribution in [1.82, 2.24) is 9.88 Å². The molecule has 0 saturated carbocycles. The van der Waals surface area contributed by atoms with Gasteiger partial charge in [-0.25, -0.2) is 9.78 Å². The third-order valence-electron chi connectivity index (χ3n) is 5.00. The minimum atomic E-state index is -0.104. The number of amides is 2. The molecule has 2 aromatic carbocycles. The van der Waals surface area contributed by atoms with Crippen LogP contribution in [0.3, 0.4) is 0 Å². The molecule has 3 aromatic rings. The standard InChI is InChI=1S/C22H23N3O3/c1-15-14-28-21(23-15)17-6-3-7-18(13-17)24-22(26)25-11-9-16-5-4-8-20(27-2)19(16)10-12-25/h3-8,13-14H,9-12H2,1-2H3,(H,24,26). The summed E-state index contributed by atoms with van der Waals surface area (Å²) < 4.78 is 10.9. The average Bonchev–Trinajstić information content (AvgIpc) is 3.02. The van der Waals surface area contributed by atoms with E-state index < -0.39 is 0 Å². The van der Waals surface area contributed by atoms with E-state index >= 15 is 0 Å². The van der Waals surface area contributed by atoms with Crippen LogP contribution >= 0.6 is 0 Å². The molecule has 0 atom stereocenters. The smallest absolute Gasteiger partial charge is 0.321 e. The van der Waals surface area contributed by atoms with Crippen LogP contribution in [0.4, 0.5) is 10.5 Å². The number of aryl methyl sites for hydroxylation is 1. The summed E-state index contributed by atoms with van der Waals surface area (Å²) >= 11 is 0. The zero-order chi connectivity index (χ0) is 19.5. The van der Waals surface area contributed by atoms with Crippen LogP contribution in [0.1, 0.15) is 16.8 Å². The van der Waals surface area contributed by atoms with Crippen molar-refractivity contribution in [1.29, 1.82) is 0 Å². The molecule has 0 unspecified atom stereocenters. The molecule has 6 nitrogen and oxygen atoms in total. The summed E-state index contributed by atoms with van der Waals surface area (Å²) in [6.45, 7) is 3.20. The van der Waals surface area contributed by atoms with Crippen molar-refractivity contribution in [3.05, 3.63) is 65.5 Å². The van der Waals surface area contributed by atoms with Gasteiger partial charge in [-0.2, -0.15) is 0 Å². The first kappa shape index (κ1) is 18.1. The summed E-state index contributed by atoms with van der Waals surface area (Å²) in [7, 11) is 1.69. The number of carbonyl (C=O) groups is 1. The van der Waals surface area contributed by atoms with Gasteiger partial charge in [0.2, 0.25) is 5.89 Å². The maximum absolute atomic E-state index is 12.8. The lowest BCUT2D eigenvalue weighted by Crippen LogP contribution is -2.36. The molecule has 0 radical (unpaired) electrons. The molecule has 1 N–H and O–H groups in total. The van der Waals surface area contributed by atoms with Gasteiger partial charge in [0, 0.05) is 24.3 Å². The van der Waals surface area contributed by atoms with Gasteiger partial charge in [-0.3, -0.25) is 0 Å². The van der Waals surface area contributed by atoms with Crippen LogP contribution < -0.4 is 10.1 Å². The van der Waals surface area contributed by atoms with E-state index in [1.807, 2.05) is 48.2 Å². The minimum absolute atomic E-state index is 0.104. The largest absolute Gasteiger partial charge is 0.496 e. The number of oxazole rings is 1. The summed E-state index contributed by atoms with van der Waals surface area (Å²) in [5.41, 5.74) is 4.82. The van der Waals surface area contributed by atoms with Gasteiger partial charge < -0.3 is 19.4 Å². The Bertz CT molecular complexity index is 996. The SMILES string of the molecule is COc1cccc2c1CCN(C(=O)Nc1cccc(-c3nc(C)co3)c1)CC2. The van der Waals surface area contributed by atoms with E-state index in [-0.39, 0.29) is 6.03 Å². The third-order valence-corrected chi connectivity index (χ3v) is 5.00. The lowest BCUT2D eigenvalue weighted by atomic mass is 10.0. The van der Waals surface area contributed by atoms with E-state index in [9.17, 15) is 4.79 Å². The first-order chi connectivity index (χ1) is 13.6. The molecule has 1 aromatic heterocycles. The van der Waals surface area contributed by atoms with Crippen LogP contribution in [0, 0.1) is 6.92 Å². The summed E-state index contributed by atoms with van der Waals surface area (Å²) in [5.74, 6) is 1.44. The molecule has 1 aliphatic heterocycles. The quantitative estimate of drug-likeness (QED) is 0.739. The van der Waals surface area contributed by atoms with Crippen molar-refractivity contribution in [3.63, 3.8) is 0 Å². The van der Waals surface area contributed by atoms with Gasteiger partial charge in [-0.05, 0) is 55.2 Å². The predicted octanol–water partition coefficient (Wildman–Crippen LogP) is 4.29. The molecule has 4 rings (SSSR count). The zero-order valence-corrected chi connectivity index (χ0v) is 16.1. The predicted molar refractivity (Wildman–Crippen MR) is 108 cm³/mol. The lowest BCUT2D eigenvalue weighted by Gasteiger charge is -2.21. The molecule has 6 heteroatoms. The van der Waals surface area contributed by atoms with Gasteiger partial charge in [0.15, 0.2) is 0 Å². The number of nitrogens with zero attached hydrogens (tertiary/aromatic N) is 2. The Hall–Kier alpha value is -3.28. The van der Waals surface area contributed by atoms with Gasteiger partial charge in [0.05, 0.1) is 12.8 Å². The molecule has 0 aliphatic carbocycles. The van der Waals surface area contributed by atoms with Crippen LogP contribution in [0.15, 0.2) is 53.1 Å². The van der Waals surface area contributed by atoms with E-state index in [1.165, 1.54) is 11.1 Å². The van der Waals surface area contributed by atoms with E-state index in [0.717, 1.165) is 35.5 Å². The first-order valence-electron chi connectivity index (χ1n) is 9.37. The number of nitrogens with one attached hydrogen (secondary N) is 1. The minimum Gasteiger partial charge on any atom is -0.496 e. The van der Waals surface area contributed by atoms with Crippen LogP contribution in [0.5, 0.6) is 5.75 Å². The fourth-order valence-electron chi connectivity index (χ4n) is 3.56. The number of ether oxygens (including phenoxy) is 1. The maximum atomic E-state index is 12.8. The lowest BCUT2D eigenvalue weighted by molar-refractivity contribution is 0.214. The number of urea groups is 1. The van der Waals surface area contributed by atoms with Crippen molar-refractivity contribution in [3.8, 4) is 17.2 Å². The maximum Gasteiger partial charge on any atom is 0.321 e. The number of carbonyl (C=O) groups excluding carboxylic acids is 1. The molecule has 0 fully saturated rings. The highest BCUT2D eigenvalue weighted by molar-refractivity contribution is 5.90. The van der Waals surface area contributed by atoms with Crippen molar-refractivity contribution in [2.75, 3.05) is 25.5 Å². The highest BCUT2D eigenvalue weighted by Crippen LogP contribution is 2.26. The van der Waals surface area contributed by atoms with Gasteiger partial charge in [0.25, 0.3) is 0 Å². The summed E-state index contributed by atoms with van der Waals surface area (Å²) in [6, 6.07) is 13.5. The third kappa shape index (κ3) is 3.71. The first-order valence-corrected chi connectivity index (χ1v) is 9.37. The summed E-state index contributed by atoms with van der Waals surface area (Å²) in [4.78, 5) is 19.0. The monoisotopic (exact) mass is 377 g/mol. The number of anilines is 1. The van der Waals surface area contributed by atoms with Gasteiger partial charge >= 0.3 is 6.03 Å². The average molecular weight is 377 g/mol. The molecule has 2 amide bonds. The topological polar surface area (TPSA) is 67.6 Å². The van der Waals surface area contributed by atoms with Crippen LogP contribution in [-0.4, -0.2) is 36.1 Å². The van der Waals surface area contributed by atoms with Crippen molar-refractivity contribution in [2.24, 2.45) is 0 Å². The van der Waals surface area contributed by atoms with Gasteiger partial charge in [-0.15, -0.1) is 0 Å². The second-order valence-corrected chi connectivity index (χ2v) is 6.89. The number of rotatable bonds is 3. The molecule has 144 valence electrons. The number of aromatic nitrogens is 1. The number of fused-ring (bicyclic) bond motifs is 1. The number of hydrogen-bond donors (Lipinski definition) is 1. The Kier molecular flexibility index (Phi) is 5.02. The highest BCUT2D eigenvalue weighted by atomic mass is 16.5. The van der Waals surface area contributed by atoms with Crippen molar-refractivity contribution >= 4 is 11.7 Å². The van der Waals surface area contributed by atoms with Gasteiger partial charge in [0.1, 0.15) is 12.0 Å². The fourth-order valence-corrected chi connectivity index (χ4v) is 3.56. The fraction of sp³-hybridized carbons (Fsp3) is 0.273. The molecule has 28 heavy (non-hydrogen) atoms. The van der Waals surface area contributed by atoms with Gasteiger partial charge in [-0.1, -0.05) is 18.2 Å². The Morgan fingerprint density at radius 3 is 2.79 bits per heavy atom. The van der Waals surface area contributed by atoms with Crippen molar-refractivity contribution < 1.29 is 13.9 Å². The second-order valence-electron chi connectivity index (χ2n) is 6.89. The van der Waals surface area contributed by atoms with E-state index in [1.54, 1.807) is 13.4 Å².